The lowest BCUT2D eigenvalue weighted by Gasteiger charge is -2.25. The molecule has 0 bridgehead atoms. The molecule has 1 saturated heterocycles. The van der Waals surface area contributed by atoms with Crippen molar-refractivity contribution in [1.29, 1.82) is 0 Å². The van der Waals surface area contributed by atoms with E-state index in [4.69, 9.17) is 51.5 Å². The van der Waals surface area contributed by atoms with E-state index < -0.39 is 23.9 Å². The number of benzene rings is 2. The third-order valence-electron chi connectivity index (χ3n) is 7.95. The Kier molecular flexibility index (Phi) is 15.3. The van der Waals surface area contributed by atoms with Crippen LogP contribution in [0.15, 0.2) is 24.3 Å². The Morgan fingerprint density at radius 2 is 1.43 bits per heavy atom. The van der Waals surface area contributed by atoms with Crippen LogP contribution in [0.2, 0.25) is 5.02 Å². The SMILES string of the molecule is COC(=O)c1cc(Cl)c(C(N)=O)c(OCCCC(CCN2CCCN(CCCN)CC2)OC(=O)c2cc(OC)c(OC)c(OC)c2)c1. The van der Waals surface area contributed by atoms with Crippen molar-refractivity contribution in [2.24, 2.45) is 11.5 Å². The summed E-state index contributed by atoms with van der Waals surface area (Å²) in [4.78, 5) is 42.5. The topological polar surface area (TPSA) is 165 Å². The summed E-state index contributed by atoms with van der Waals surface area (Å²) in [7, 11) is 5.68. The average molecular weight is 679 g/mol. The normalized spacial score (nSPS) is 14.5. The lowest BCUT2D eigenvalue weighted by Crippen LogP contribution is -2.34. The van der Waals surface area contributed by atoms with Crippen LogP contribution < -0.4 is 30.4 Å². The average Bonchev–Trinajstić information content (AvgIpc) is 3.31. The molecule has 1 unspecified atom stereocenters. The minimum atomic E-state index is -0.794. The Balaban J connectivity index is 1.73. The van der Waals surface area contributed by atoms with E-state index in [1.165, 1.54) is 40.6 Å². The number of hydrogen-bond acceptors (Lipinski definition) is 12. The molecule has 1 fully saturated rings. The van der Waals surface area contributed by atoms with Gasteiger partial charge in [-0.05, 0) is 82.5 Å². The van der Waals surface area contributed by atoms with Crippen LogP contribution in [0.25, 0.3) is 0 Å². The number of esters is 2. The summed E-state index contributed by atoms with van der Waals surface area (Å²) in [5.74, 6) is -0.849. The number of ether oxygens (including phenoxy) is 6. The standard InChI is InChI=1S/C33H47ClN4O9/c1-42-27-20-23(21-28(43-2)30(27)44-3)33(41)47-24(9-14-38-13-7-12-37(15-16-38)11-6-10-35)8-5-17-46-26-19-22(32(40)45-4)18-25(34)29(26)31(36)39/h18-21,24H,5-17,35H2,1-4H3,(H2,36,39). The van der Waals surface area contributed by atoms with Crippen molar-refractivity contribution in [3.8, 4) is 23.0 Å². The number of primary amides is 1. The molecule has 1 heterocycles. The first-order chi connectivity index (χ1) is 22.6. The minimum Gasteiger partial charge on any atom is -0.493 e. The molecular formula is C33H47ClN4O9. The molecule has 1 aliphatic heterocycles. The Hall–Kier alpha value is -3.78. The van der Waals surface area contributed by atoms with Crippen molar-refractivity contribution >= 4 is 29.4 Å². The summed E-state index contributed by atoms with van der Waals surface area (Å²) in [5, 5.41) is -0.0217. The van der Waals surface area contributed by atoms with Gasteiger partial charge in [0.2, 0.25) is 5.75 Å². The van der Waals surface area contributed by atoms with Crippen LogP contribution in [0.4, 0.5) is 0 Å². The van der Waals surface area contributed by atoms with Crippen LogP contribution in [-0.2, 0) is 9.47 Å². The number of hydrogen-bond donors (Lipinski definition) is 2. The van der Waals surface area contributed by atoms with E-state index in [0.717, 1.165) is 52.1 Å². The van der Waals surface area contributed by atoms with Crippen LogP contribution in [-0.4, -0.2) is 115 Å². The summed E-state index contributed by atoms with van der Waals surface area (Å²) in [6.45, 7) is 6.39. The molecule has 1 amide bonds. The van der Waals surface area contributed by atoms with E-state index in [1.807, 2.05) is 0 Å². The number of amides is 1. The first-order valence-corrected chi connectivity index (χ1v) is 16.0. The second-order valence-electron chi connectivity index (χ2n) is 11.1. The Bertz CT molecular complexity index is 1330. The molecule has 4 N–H and O–H groups in total. The van der Waals surface area contributed by atoms with Gasteiger partial charge >= 0.3 is 11.9 Å². The van der Waals surface area contributed by atoms with E-state index in [9.17, 15) is 14.4 Å². The molecule has 0 aromatic heterocycles. The molecule has 2 aromatic carbocycles. The van der Waals surface area contributed by atoms with E-state index >= 15 is 0 Å². The van der Waals surface area contributed by atoms with Crippen molar-refractivity contribution in [2.45, 2.75) is 38.2 Å². The molecule has 47 heavy (non-hydrogen) atoms. The van der Waals surface area contributed by atoms with Gasteiger partial charge in [-0.15, -0.1) is 0 Å². The van der Waals surface area contributed by atoms with Crippen LogP contribution >= 0.6 is 11.6 Å². The van der Waals surface area contributed by atoms with E-state index in [-0.39, 0.29) is 34.1 Å². The fourth-order valence-electron chi connectivity index (χ4n) is 5.46. The molecule has 1 atom stereocenters. The second kappa shape index (κ2) is 19.1. The maximum Gasteiger partial charge on any atom is 0.338 e. The monoisotopic (exact) mass is 678 g/mol. The van der Waals surface area contributed by atoms with Gasteiger partial charge in [0, 0.05) is 19.6 Å². The van der Waals surface area contributed by atoms with Crippen molar-refractivity contribution in [3.05, 3.63) is 46.0 Å². The summed E-state index contributed by atoms with van der Waals surface area (Å²) >= 11 is 6.25. The minimum absolute atomic E-state index is 0.0217. The molecule has 0 saturated carbocycles. The zero-order valence-electron chi connectivity index (χ0n) is 27.7. The van der Waals surface area contributed by atoms with Crippen LogP contribution in [0, 0.1) is 0 Å². The van der Waals surface area contributed by atoms with Crippen LogP contribution in [0.3, 0.4) is 0 Å². The Labute approximate surface area is 281 Å². The van der Waals surface area contributed by atoms with Crippen molar-refractivity contribution in [1.82, 2.24) is 9.80 Å². The number of carbonyl (C=O) groups is 3. The fraction of sp³-hybridized carbons (Fsp3) is 0.545. The highest BCUT2D eigenvalue weighted by molar-refractivity contribution is 6.34. The smallest absolute Gasteiger partial charge is 0.338 e. The van der Waals surface area contributed by atoms with Gasteiger partial charge in [-0.2, -0.15) is 0 Å². The van der Waals surface area contributed by atoms with E-state index in [1.54, 1.807) is 12.1 Å². The molecule has 3 rings (SSSR count). The van der Waals surface area contributed by atoms with Gasteiger partial charge in [-0.3, -0.25) is 4.79 Å². The number of carbonyl (C=O) groups excluding carboxylic acids is 3. The molecule has 2 aromatic rings. The van der Waals surface area contributed by atoms with Gasteiger partial charge in [0.1, 0.15) is 11.9 Å². The van der Waals surface area contributed by atoms with Gasteiger partial charge in [0.25, 0.3) is 5.91 Å². The van der Waals surface area contributed by atoms with Crippen molar-refractivity contribution in [2.75, 3.05) is 80.9 Å². The highest BCUT2D eigenvalue weighted by Crippen LogP contribution is 2.38. The molecule has 13 nitrogen and oxygen atoms in total. The molecule has 14 heteroatoms. The maximum absolute atomic E-state index is 13.4. The zero-order valence-corrected chi connectivity index (χ0v) is 28.4. The number of methoxy groups -OCH3 is 4. The lowest BCUT2D eigenvalue weighted by molar-refractivity contribution is 0.0221. The summed E-state index contributed by atoms with van der Waals surface area (Å²) < 4.78 is 32.9. The molecule has 1 aliphatic rings. The van der Waals surface area contributed by atoms with Crippen LogP contribution in [0.1, 0.15) is 63.2 Å². The highest BCUT2D eigenvalue weighted by Gasteiger charge is 2.24. The van der Waals surface area contributed by atoms with Gasteiger partial charge in [-0.1, -0.05) is 11.6 Å². The summed E-state index contributed by atoms with van der Waals surface area (Å²) in [6, 6.07) is 5.78. The molecule has 260 valence electrons. The van der Waals surface area contributed by atoms with Crippen LogP contribution in [0.5, 0.6) is 23.0 Å². The number of nitrogens with zero attached hydrogens (tertiary/aromatic N) is 2. The zero-order chi connectivity index (χ0) is 34.3. The Morgan fingerprint density at radius 3 is 2.00 bits per heavy atom. The molecule has 0 spiro atoms. The van der Waals surface area contributed by atoms with Gasteiger partial charge in [0.05, 0.1) is 56.8 Å². The predicted molar refractivity (Wildman–Crippen MR) is 177 cm³/mol. The van der Waals surface area contributed by atoms with Gasteiger partial charge < -0.3 is 49.7 Å². The number of halogens is 1. The first kappa shape index (κ1) is 37.7. The quantitative estimate of drug-likeness (QED) is 0.175. The van der Waals surface area contributed by atoms with Crippen molar-refractivity contribution in [3.63, 3.8) is 0 Å². The predicted octanol–water partition coefficient (Wildman–Crippen LogP) is 3.38. The molecule has 0 aliphatic carbocycles. The largest absolute Gasteiger partial charge is 0.493 e. The maximum atomic E-state index is 13.4. The van der Waals surface area contributed by atoms with E-state index in [2.05, 4.69) is 9.80 Å². The second-order valence-corrected chi connectivity index (χ2v) is 11.5. The van der Waals surface area contributed by atoms with E-state index in [0.29, 0.717) is 43.1 Å². The summed E-state index contributed by atoms with van der Waals surface area (Å²) in [5.41, 5.74) is 11.6. The van der Waals surface area contributed by atoms with Crippen molar-refractivity contribution < 1.29 is 42.8 Å². The van der Waals surface area contributed by atoms with Gasteiger partial charge in [0.15, 0.2) is 11.5 Å². The number of rotatable bonds is 18. The third kappa shape index (κ3) is 10.9. The molecular weight excluding hydrogens is 632 g/mol. The first-order valence-electron chi connectivity index (χ1n) is 15.7. The highest BCUT2D eigenvalue weighted by atomic mass is 35.5. The Morgan fingerprint density at radius 1 is 0.809 bits per heavy atom. The van der Waals surface area contributed by atoms with Gasteiger partial charge in [-0.25, -0.2) is 9.59 Å². The number of nitrogens with two attached hydrogens (primary N) is 2. The summed E-state index contributed by atoms with van der Waals surface area (Å²) in [6.07, 6.45) is 3.07. The lowest BCUT2D eigenvalue weighted by atomic mass is 10.1. The third-order valence-corrected chi connectivity index (χ3v) is 8.25. The fourth-order valence-corrected chi connectivity index (χ4v) is 5.76. The molecule has 0 radical (unpaired) electrons.